The number of hydrogen-bond donors (Lipinski definition) is 1. The summed E-state index contributed by atoms with van der Waals surface area (Å²) < 4.78 is 11.5. The van der Waals surface area contributed by atoms with E-state index < -0.39 is 0 Å². The second kappa shape index (κ2) is 6.41. The van der Waals surface area contributed by atoms with Gasteiger partial charge in [0.15, 0.2) is 0 Å². The maximum Gasteiger partial charge on any atom is 0.134 e. The van der Waals surface area contributed by atoms with Gasteiger partial charge in [-0.05, 0) is 51.5 Å². The van der Waals surface area contributed by atoms with E-state index in [0.29, 0.717) is 0 Å². The van der Waals surface area contributed by atoms with E-state index >= 15 is 0 Å². The summed E-state index contributed by atoms with van der Waals surface area (Å²) in [5, 5.41) is 2.00. The summed E-state index contributed by atoms with van der Waals surface area (Å²) in [7, 11) is 3.32. The molecule has 0 saturated carbocycles. The SMILES string of the molecule is COc1ccc(CC(N)c2sccc2OC)cc1Br. The van der Waals surface area contributed by atoms with Crippen LogP contribution in [-0.4, -0.2) is 14.2 Å². The van der Waals surface area contributed by atoms with Crippen LogP contribution in [-0.2, 0) is 6.42 Å². The fourth-order valence-corrected chi connectivity index (χ4v) is 3.38. The molecule has 0 aliphatic carbocycles. The molecule has 0 radical (unpaired) electrons. The maximum atomic E-state index is 6.25. The van der Waals surface area contributed by atoms with Gasteiger partial charge in [-0.1, -0.05) is 6.07 Å². The van der Waals surface area contributed by atoms with Gasteiger partial charge in [-0.15, -0.1) is 11.3 Å². The first kappa shape index (κ1) is 14.4. The lowest BCUT2D eigenvalue weighted by Crippen LogP contribution is -2.12. The normalized spacial score (nSPS) is 12.2. The van der Waals surface area contributed by atoms with Crippen LogP contribution in [0.3, 0.4) is 0 Å². The largest absolute Gasteiger partial charge is 0.496 e. The van der Waals surface area contributed by atoms with Crippen molar-refractivity contribution in [1.82, 2.24) is 0 Å². The molecule has 1 atom stereocenters. The molecule has 0 spiro atoms. The van der Waals surface area contributed by atoms with Gasteiger partial charge in [-0.3, -0.25) is 0 Å². The molecule has 102 valence electrons. The molecular weight excluding hydrogens is 326 g/mol. The Morgan fingerprint density at radius 2 is 1.95 bits per heavy atom. The fraction of sp³-hybridized carbons (Fsp3) is 0.286. The van der Waals surface area contributed by atoms with E-state index in [0.717, 1.165) is 32.8 Å². The molecular formula is C14H16BrNO2S. The van der Waals surface area contributed by atoms with Gasteiger partial charge >= 0.3 is 0 Å². The molecule has 1 aromatic heterocycles. The molecule has 1 heterocycles. The summed E-state index contributed by atoms with van der Waals surface area (Å²) in [4.78, 5) is 1.08. The Kier molecular flexibility index (Phi) is 4.85. The van der Waals surface area contributed by atoms with Gasteiger partial charge in [-0.25, -0.2) is 0 Å². The van der Waals surface area contributed by atoms with Crippen LogP contribution in [0.15, 0.2) is 34.1 Å². The van der Waals surface area contributed by atoms with E-state index in [4.69, 9.17) is 15.2 Å². The van der Waals surface area contributed by atoms with E-state index in [1.165, 1.54) is 0 Å². The van der Waals surface area contributed by atoms with Gasteiger partial charge in [-0.2, -0.15) is 0 Å². The van der Waals surface area contributed by atoms with Crippen molar-refractivity contribution in [2.24, 2.45) is 5.73 Å². The highest BCUT2D eigenvalue weighted by Crippen LogP contribution is 2.32. The smallest absolute Gasteiger partial charge is 0.134 e. The summed E-state index contributed by atoms with van der Waals surface area (Å²) in [6.45, 7) is 0. The zero-order chi connectivity index (χ0) is 13.8. The highest BCUT2D eigenvalue weighted by atomic mass is 79.9. The first-order valence-corrected chi connectivity index (χ1v) is 7.52. The third-order valence-electron chi connectivity index (χ3n) is 2.89. The van der Waals surface area contributed by atoms with Crippen molar-refractivity contribution in [2.75, 3.05) is 14.2 Å². The second-order valence-electron chi connectivity index (χ2n) is 4.13. The number of ether oxygens (including phenoxy) is 2. The molecule has 0 aliphatic rings. The lowest BCUT2D eigenvalue weighted by atomic mass is 10.0. The molecule has 3 nitrogen and oxygen atoms in total. The van der Waals surface area contributed by atoms with Crippen molar-refractivity contribution < 1.29 is 9.47 Å². The molecule has 0 aliphatic heterocycles. The number of halogens is 1. The van der Waals surface area contributed by atoms with Crippen molar-refractivity contribution in [3.05, 3.63) is 44.6 Å². The molecule has 2 N–H and O–H groups in total. The summed E-state index contributed by atoms with van der Waals surface area (Å²) in [5.74, 6) is 1.69. The highest BCUT2D eigenvalue weighted by molar-refractivity contribution is 9.10. The number of methoxy groups -OCH3 is 2. The van der Waals surface area contributed by atoms with E-state index in [-0.39, 0.29) is 6.04 Å². The lowest BCUT2D eigenvalue weighted by Gasteiger charge is -2.13. The molecule has 5 heteroatoms. The number of nitrogens with two attached hydrogens (primary N) is 1. The van der Waals surface area contributed by atoms with Crippen molar-refractivity contribution in [2.45, 2.75) is 12.5 Å². The van der Waals surface area contributed by atoms with Gasteiger partial charge in [0.1, 0.15) is 11.5 Å². The average molecular weight is 342 g/mol. The quantitative estimate of drug-likeness (QED) is 0.900. The van der Waals surface area contributed by atoms with Crippen LogP contribution in [0.2, 0.25) is 0 Å². The van der Waals surface area contributed by atoms with Gasteiger partial charge < -0.3 is 15.2 Å². The van der Waals surface area contributed by atoms with Crippen LogP contribution in [0.5, 0.6) is 11.5 Å². The van der Waals surface area contributed by atoms with Crippen LogP contribution in [0.4, 0.5) is 0 Å². The summed E-state index contributed by atoms with van der Waals surface area (Å²) in [6, 6.07) is 7.90. The summed E-state index contributed by atoms with van der Waals surface area (Å²) in [6.07, 6.45) is 0.763. The molecule has 0 fully saturated rings. The highest BCUT2D eigenvalue weighted by Gasteiger charge is 2.14. The number of benzene rings is 1. The van der Waals surface area contributed by atoms with Crippen LogP contribution in [0.25, 0.3) is 0 Å². The summed E-state index contributed by atoms with van der Waals surface area (Å²) in [5.41, 5.74) is 7.41. The Morgan fingerprint density at radius 1 is 1.21 bits per heavy atom. The number of hydrogen-bond acceptors (Lipinski definition) is 4. The van der Waals surface area contributed by atoms with Crippen LogP contribution in [0, 0.1) is 0 Å². The van der Waals surface area contributed by atoms with E-state index in [2.05, 4.69) is 15.9 Å². The van der Waals surface area contributed by atoms with Crippen molar-refractivity contribution in [3.63, 3.8) is 0 Å². The molecule has 19 heavy (non-hydrogen) atoms. The monoisotopic (exact) mass is 341 g/mol. The molecule has 0 amide bonds. The molecule has 2 aromatic rings. The zero-order valence-electron chi connectivity index (χ0n) is 10.9. The summed E-state index contributed by atoms with van der Waals surface area (Å²) >= 11 is 5.11. The van der Waals surface area contributed by atoms with E-state index in [1.807, 2.05) is 29.6 Å². The van der Waals surface area contributed by atoms with Crippen molar-refractivity contribution >= 4 is 27.3 Å². The Labute approximate surface area is 125 Å². The van der Waals surface area contributed by atoms with Gasteiger partial charge in [0.05, 0.1) is 23.6 Å². The first-order valence-electron chi connectivity index (χ1n) is 5.85. The molecule has 2 rings (SSSR count). The minimum Gasteiger partial charge on any atom is -0.496 e. The molecule has 1 unspecified atom stereocenters. The average Bonchev–Trinajstić information content (AvgIpc) is 2.87. The maximum absolute atomic E-state index is 6.25. The molecule has 0 saturated heterocycles. The van der Waals surface area contributed by atoms with E-state index in [9.17, 15) is 0 Å². The van der Waals surface area contributed by atoms with Crippen molar-refractivity contribution in [1.29, 1.82) is 0 Å². The Bertz CT molecular complexity index is 556. The van der Waals surface area contributed by atoms with Gasteiger partial charge in [0, 0.05) is 6.04 Å². The van der Waals surface area contributed by atoms with E-state index in [1.54, 1.807) is 25.6 Å². The fourth-order valence-electron chi connectivity index (χ4n) is 1.93. The molecule has 0 bridgehead atoms. The number of rotatable bonds is 5. The topological polar surface area (TPSA) is 44.5 Å². The predicted molar refractivity (Wildman–Crippen MR) is 82.2 cm³/mol. The third-order valence-corrected chi connectivity index (χ3v) is 4.54. The molecule has 1 aromatic carbocycles. The standard InChI is InChI=1S/C14H16BrNO2S/c1-17-12-4-3-9(7-10(12)15)8-11(16)14-13(18-2)5-6-19-14/h3-7,11H,8,16H2,1-2H3. The Morgan fingerprint density at radius 3 is 2.58 bits per heavy atom. The Hall–Kier alpha value is -1.04. The van der Waals surface area contributed by atoms with Gasteiger partial charge in [0.25, 0.3) is 0 Å². The van der Waals surface area contributed by atoms with Crippen LogP contribution >= 0.6 is 27.3 Å². The van der Waals surface area contributed by atoms with Gasteiger partial charge in [0.2, 0.25) is 0 Å². The zero-order valence-corrected chi connectivity index (χ0v) is 13.3. The van der Waals surface area contributed by atoms with Crippen LogP contribution in [0.1, 0.15) is 16.5 Å². The van der Waals surface area contributed by atoms with Crippen LogP contribution < -0.4 is 15.2 Å². The number of thiophene rings is 1. The minimum atomic E-state index is -0.0600. The third kappa shape index (κ3) is 3.29. The predicted octanol–water partition coefficient (Wildman–Crippen LogP) is 3.77. The lowest BCUT2D eigenvalue weighted by molar-refractivity contribution is 0.408. The second-order valence-corrected chi connectivity index (χ2v) is 5.93. The Balaban J connectivity index is 2.15. The van der Waals surface area contributed by atoms with Crippen molar-refractivity contribution in [3.8, 4) is 11.5 Å². The minimum absolute atomic E-state index is 0.0600. The first-order chi connectivity index (χ1) is 9.15.